The monoisotopic (exact) mass is 408 g/mol. The summed E-state index contributed by atoms with van der Waals surface area (Å²) >= 11 is 2.22. The van der Waals surface area contributed by atoms with E-state index >= 15 is 0 Å². The Kier molecular flexibility index (Phi) is 4.70. The lowest BCUT2D eigenvalue weighted by atomic mass is 10.2. The van der Waals surface area contributed by atoms with Gasteiger partial charge in [0.15, 0.2) is 0 Å². The molecule has 9 heteroatoms. The van der Waals surface area contributed by atoms with Crippen LogP contribution in [0, 0.1) is 3.57 Å². The number of nitrogens with zero attached hydrogens (tertiary/aromatic N) is 3. The molecule has 0 spiro atoms. The van der Waals surface area contributed by atoms with Crippen LogP contribution in [0.4, 0.5) is 0 Å². The predicted molar refractivity (Wildman–Crippen MR) is 81.3 cm³/mol. The lowest BCUT2D eigenvalue weighted by molar-refractivity contribution is 0.307. The summed E-state index contributed by atoms with van der Waals surface area (Å²) in [5, 5.41) is 10.4. The molecule has 2 aromatic rings. The molecule has 0 aliphatic rings. The first-order chi connectivity index (χ1) is 9.40. The largest absolute Gasteiger partial charge is 0.264 e. The van der Waals surface area contributed by atoms with Gasteiger partial charge in [0.2, 0.25) is 0 Å². The van der Waals surface area contributed by atoms with Crippen LogP contribution in [0.25, 0.3) is 11.4 Å². The quantitative estimate of drug-likeness (QED) is 0.595. The Morgan fingerprint density at radius 2 is 2.05 bits per heavy atom. The molecular weight excluding hydrogens is 395 g/mol. The number of hydrogen-bond donors (Lipinski definition) is 1. The van der Waals surface area contributed by atoms with Crippen molar-refractivity contribution in [2.45, 2.75) is 20.0 Å². The van der Waals surface area contributed by atoms with Crippen molar-refractivity contribution >= 4 is 32.7 Å². The van der Waals surface area contributed by atoms with E-state index in [2.05, 4.69) is 43.0 Å². The van der Waals surface area contributed by atoms with Gasteiger partial charge in [0.05, 0.1) is 17.6 Å². The van der Waals surface area contributed by atoms with Crippen molar-refractivity contribution in [1.82, 2.24) is 20.4 Å². The highest BCUT2D eigenvalue weighted by molar-refractivity contribution is 14.1. The van der Waals surface area contributed by atoms with Gasteiger partial charge >= 0.3 is 0 Å². The van der Waals surface area contributed by atoms with Crippen molar-refractivity contribution in [3.8, 4) is 11.4 Å². The minimum Gasteiger partial charge on any atom is -0.264 e. The first-order valence-corrected chi connectivity index (χ1v) is 8.70. The Bertz CT molecular complexity index is 714. The molecule has 0 unspecified atom stereocenters. The van der Waals surface area contributed by atoms with Crippen LogP contribution in [0.5, 0.6) is 0 Å². The fraction of sp³-hybridized carbons (Fsp3) is 0.364. The summed E-state index contributed by atoms with van der Waals surface area (Å²) in [5.41, 5.74) is 2.51. The molecule has 20 heavy (non-hydrogen) atoms. The number of rotatable bonds is 5. The normalized spacial score (nSPS) is 11.8. The summed E-state index contributed by atoms with van der Waals surface area (Å²) in [6.45, 7) is 1.85. The Morgan fingerprint density at radius 3 is 2.70 bits per heavy atom. The molecule has 0 aliphatic carbocycles. The number of aromatic amines is 1. The molecule has 0 radical (unpaired) electrons. The minimum atomic E-state index is -3.52. The minimum absolute atomic E-state index is 0.167. The summed E-state index contributed by atoms with van der Waals surface area (Å²) in [7, 11) is -3.52. The molecule has 2 heterocycles. The van der Waals surface area contributed by atoms with Crippen molar-refractivity contribution in [3.05, 3.63) is 27.1 Å². The molecule has 0 amide bonds. The number of aromatic nitrogens is 4. The smallest absolute Gasteiger partial charge is 0.264 e. The Morgan fingerprint density at radius 1 is 1.30 bits per heavy atom. The van der Waals surface area contributed by atoms with Crippen molar-refractivity contribution in [3.63, 3.8) is 0 Å². The van der Waals surface area contributed by atoms with Gasteiger partial charge in [-0.15, -0.1) is 0 Å². The summed E-state index contributed by atoms with van der Waals surface area (Å²) in [6, 6.07) is 3.76. The van der Waals surface area contributed by atoms with Crippen LogP contribution < -0.4 is 0 Å². The first-order valence-electron chi connectivity index (χ1n) is 5.80. The maximum Gasteiger partial charge on any atom is 0.264 e. The number of nitrogens with one attached hydrogen (secondary N) is 1. The van der Waals surface area contributed by atoms with E-state index in [0.717, 1.165) is 21.9 Å². The number of H-pyrrole nitrogens is 1. The Labute approximate surface area is 130 Å². The van der Waals surface area contributed by atoms with Gasteiger partial charge in [-0.1, -0.05) is 6.92 Å². The third-order valence-corrected chi connectivity index (χ3v) is 4.05. The molecule has 0 aromatic carbocycles. The SMILES string of the molecule is CCc1nc(-c2n[nH]nc2COS(C)(=O)=O)ccc1I. The first kappa shape index (κ1) is 15.3. The van der Waals surface area contributed by atoms with Gasteiger partial charge < -0.3 is 0 Å². The van der Waals surface area contributed by atoms with Crippen molar-refractivity contribution in [2.24, 2.45) is 0 Å². The van der Waals surface area contributed by atoms with Crippen LogP contribution in [0.15, 0.2) is 12.1 Å². The fourth-order valence-electron chi connectivity index (χ4n) is 1.59. The second-order valence-electron chi connectivity index (χ2n) is 4.06. The number of pyridine rings is 1. The third kappa shape index (κ3) is 3.73. The van der Waals surface area contributed by atoms with E-state index in [0.29, 0.717) is 17.1 Å². The van der Waals surface area contributed by atoms with Gasteiger partial charge in [-0.2, -0.15) is 23.8 Å². The maximum atomic E-state index is 11.0. The molecule has 108 valence electrons. The second-order valence-corrected chi connectivity index (χ2v) is 6.87. The Balaban J connectivity index is 2.32. The average Bonchev–Trinajstić information content (AvgIpc) is 2.84. The average molecular weight is 408 g/mol. The van der Waals surface area contributed by atoms with Gasteiger partial charge in [-0.25, -0.2) is 4.98 Å². The van der Waals surface area contributed by atoms with E-state index in [4.69, 9.17) is 4.18 Å². The zero-order valence-electron chi connectivity index (χ0n) is 10.9. The summed E-state index contributed by atoms with van der Waals surface area (Å²) in [6.07, 6.45) is 1.80. The topological polar surface area (TPSA) is 97.8 Å². The lowest BCUT2D eigenvalue weighted by Crippen LogP contribution is -2.04. The lowest BCUT2D eigenvalue weighted by Gasteiger charge is -2.04. The van der Waals surface area contributed by atoms with E-state index in [1.807, 2.05) is 19.1 Å². The van der Waals surface area contributed by atoms with Gasteiger partial charge in [0.1, 0.15) is 18.0 Å². The zero-order chi connectivity index (χ0) is 14.8. The summed E-state index contributed by atoms with van der Waals surface area (Å²) < 4.78 is 27.9. The molecule has 1 N–H and O–H groups in total. The van der Waals surface area contributed by atoms with Gasteiger partial charge in [-0.05, 0) is 41.1 Å². The van der Waals surface area contributed by atoms with Gasteiger partial charge in [0.25, 0.3) is 10.1 Å². The standard InChI is InChI=1S/C11H13IN4O3S/c1-3-8-7(12)4-5-9(13-8)11-10(14-16-15-11)6-19-20(2,17)18/h4-5H,3,6H2,1-2H3,(H,14,15,16). The van der Waals surface area contributed by atoms with Gasteiger partial charge in [0, 0.05) is 3.57 Å². The van der Waals surface area contributed by atoms with Crippen LogP contribution in [0.1, 0.15) is 18.3 Å². The highest BCUT2D eigenvalue weighted by Crippen LogP contribution is 2.21. The van der Waals surface area contributed by atoms with E-state index in [-0.39, 0.29) is 6.61 Å². The van der Waals surface area contributed by atoms with E-state index < -0.39 is 10.1 Å². The van der Waals surface area contributed by atoms with Crippen molar-refractivity contribution < 1.29 is 12.6 Å². The predicted octanol–water partition coefficient (Wildman–Crippen LogP) is 1.51. The molecule has 0 aliphatic heterocycles. The van der Waals surface area contributed by atoms with E-state index in [1.54, 1.807) is 0 Å². The van der Waals surface area contributed by atoms with Crippen LogP contribution >= 0.6 is 22.6 Å². The van der Waals surface area contributed by atoms with Crippen molar-refractivity contribution in [2.75, 3.05) is 6.26 Å². The molecule has 2 rings (SSSR count). The van der Waals surface area contributed by atoms with E-state index in [9.17, 15) is 8.42 Å². The molecule has 0 saturated carbocycles. The number of halogens is 1. The second kappa shape index (κ2) is 6.14. The molecule has 0 bridgehead atoms. The van der Waals surface area contributed by atoms with Crippen LogP contribution in [-0.4, -0.2) is 35.1 Å². The summed E-state index contributed by atoms with van der Waals surface area (Å²) in [5.74, 6) is 0. The van der Waals surface area contributed by atoms with E-state index in [1.165, 1.54) is 0 Å². The number of hydrogen-bond acceptors (Lipinski definition) is 6. The van der Waals surface area contributed by atoms with Crippen LogP contribution in [0.2, 0.25) is 0 Å². The number of aryl methyl sites for hydroxylation is 1. The maximum absolute atomic E-state index is 11.0. The molecule has 0 saturated heterocycles. The third-order valence-electron chi connectivity index (χ3n) is 2.53. The van der Waals surface area contributed by atoms with Crippen LogP contribution in [-0.2, 0) is 27.3 Å². The zero-order valence-corrected chi connectivity index (χ0v) is 13.9. The van der Waals surface area contributed by atoms with Crippen molar-refractivity contribution in [1.29, 1.82) is 0 Å². The van der Waals surface area contributed by atoms with Crippen LogP contribution in [0.3, 0.4) is 0 Å². The molecule has 0 atom stereocenters. The fourth-order valence-corrected chi connectivity index (χ4v) is 2.59. The van der Waals surface area contributed by atoms with Gasteiger partial charge in [-0.3, -0.25) is 4.18 Å². The molecule has 2 aromatic heterocycles. The summed E-state index contributed by atoms with van der Waals surface area (Å²) in [4.78, 5) is 4.50. The molecule has 0 fully saturated rings. The molecular formula is C11H13IN4O3S. The highest BCUT2D eigenvalue weighted by Gasteiger charge is 2.15. The Hall–Kier alpha value is -1.07. The highest BCUT2D eigenvalue weighted by atomic mass is 127. The molecule has 7 nitrogen and oxygen atoms in total.